The van der Waals surface area contributed by atoms with E-state index in [9.17, 15) is 0 Å². The number of aryl methyl sites for hydroxylation is 1. The Labute approximate surface area is 95.7 Å². The van der Waals surface area contributed by atoms with E-state index in [4.69, 9.17) is 0 Å². The zero-order chi connectivity index (χ0) is 11.4. The van der Waals surface area contributed by atoms with Gasteiger partial charge >= 0.3 is 0 Å². The molecule has 4 nitrogen and oxygen atoms in total. The number of rotatable bonds is 5. The van der Waals surface area contributed by atoms with Gasteiger partial charge in [0.1, 0.15) is 17.8 Å². The summed E-state index contributed by atoms with van der Waals surface area (Å²) in [4.78, 5) is 8.54. The van der Waals surface area contributed by atoms with Gasteiger partial charge in [0.15, 0.2) is 0 Å². The quantitative estimate of drug-likeness (QED) is 0.784. The third-order valence-corrected chi connectivity index (χ3v) is 2.73. The Morgan fingerprint density at radius 2 is 2.19 bits per heavy atom. The average molecular weight is 218 g/mol. The lowest BCUT2D eigenvalue weighted by atomic mass is 10.2. The minimum absolute atomic E-state index is 0.946. The second-order valence-electron chi connectivity index (χ2n) is 4.02. The zero-order valence-electron chi connectivity index (χ0n) is 9.90. The van der Waals surface area contributed by atoms with Crippen molar-refractivity contribution >= 4 is 16.9 Å². The van der Waals surface area contributed by atoms with Crippen molar-refractivity contribution in [1.29, 1.82) is 0 Å². The fourth-order valence-electron chi connectivity index (χ4n) is 1.80. The molecule has 0 fully saturated rings. The van der Waals surface area contributed by atoms with Crippen LogP contribution in [0.15, 0.2) is 18.6 Å². The van der Waals surface area contributed by atoms with Crippen LogP contribution in [-0.4, -0.2) is 21.1 Å². The number of fused-ring (bicyclic) bond motifs is 1. The van der Waals surface area contributed by atoms with E-state index in [1.54, 1.807) is 6.33 Å². The van der Waals surface area contributed by atoms with Crippen molar-refractivity contribution in [3.8, 4) is 0 Å². The summed E-state index contributed by atoms with van der Waals surface area (Å²) >= 11 is 0. The molecule has 86 valence electrons. The van der Waals surface area contributed by atoms with Crippen molar-refractivity contribution in [2.24, 2.45) is 7.05 Å². The van der Waals surface area contributed by atoms with Gasteiger partial charge < -0.3 is 9.88 Å². The number of hydrogen-bond donors (Lipinski definition) is 1. The first kappa shape index (κ1) is 10.9. The van der Waals surface area contributed by atoms with Crippen LogP contribution in [0.1, 0.15) is 26.2 Å². The van der Waals surface area contributed by atoms with E-state index < -0.39 is 0 Å². The van der Waals surface area contributed by atoms with Gasteiger partial charge in [-0.05, 0) is 12.5 Å². The first-order chi connectivity index (χ1) is 7.83. The summed E-state index contributed by atoms with van der Waals surface area (Å²) < 4.78 is 2.01. The molecule has 0 unspecified atom stereocenters. The molecule has 0 spiro atoms. The Bertz CT molecular complexity index is 461. The van der Waals surface area contributed by atoms with Crippen molar-refractivity contribution in [2.45, 2.75) is 26.2 Å². The molecule has 2 heterocycles. The van der Waals surface area contributed by atoms with E-state index in [0.29, 0.717) is 0 Å². The summed E-state index contributed by atoms with van der Waals surface area (Å²) in [5, 5.41) is 4.47. The van der Waals surface area contributed by atoms with Crippen LogP contribution >= 0.6 is 0 Å². The molecule has 2 aromatic rings. The number of anilines is 1. The van der Waals surface area contributed by atoms with Gasteiger partial charge in [-0.25, -0.2) is 9.97 Å². The van der Waals surface area contributed by atoms with Gasteiger partial charge in [-0.15, -0.1) is 0 Å². The molecule has 16 heavy (non-hydrogen) atoms. The summed E-state index contributed by atoms with van der Waals surface area (Å²) in [6.45, 7) is 3.19. The molecule has 0 aliphatic carbocycles. The molecule has 2 rings (SSSR count). The highest BCUT2D eigenvalue weighted by atomic mass is 15.1. The molecule has 0 saturated carbocycles. The number of hydrogen-bond acceptors (Lipinski definition) is 3. The lowest BCUT2D eigenvalue weighted by Gasteiger charge is -2.05. The van der Waals surface area contributed by atoms with Crippen LogP contribution in [0.2, 0.25) is 0 Å². The minimum Gasteiger partial charge on any atom is -0.369 e. The predicted molar refractivity (Wildman–Crippen MR) is 66.5 cm³/mol. The zero-order valence-corrected chi connectivity index (χ0v) is 9.90. The maximum absolute atomic E-state index is 4.28. The lowest BCUT2D eigenvalue weighted by Crippen LogP contribution is -2.04. The molecule has 0 atom stereocenters. The van der Waals surface area contributed by atoms with E-state index in [1.165, 1.54) is 19.3 Å². The van der Waals surface area contributed by atoms with Crippen molar-refractivity contribution in [2.75, 3.05) is 11.9 Å². The minimum atomic E-state index is 0.946. The van der Waals surface area contributed by atoms with E-state index in [2.05, 4.69) is 28.3 Å². The average Bonchev–Trinajstić information content (AvgIpc) is 2.68. The second kappa shape index (κ2) is 4.96. The Hall–Kier alpha value is -1.58. The van der Waals surface area contributed by atoms with Crippen molar-refractivity contribution < 1.29 is 0 Å². The van der Waals surface area contributed by atoms with Crippen molar-refractivity contribution in [1.82, 2.24) is 14.5 Å². The molecule has 0 bridgehead atoms. The normalized spacial score (nSPS) is 10.9. The molecule has 1 N–H and O–H groups in total. The van der Waals surface area contributed by atoms with Crippen LogP contribution in [0.4, 0.5) is 5.82 Å². The van der Waals surface area contributed by atoms with Gasteiger partial charge in [0, 0.05) is 19.8 Å². The molecule has 0 radical (unpaired) electrons. The first-order valence-electron chi connectivity index (χ1n) is 5.83. The maximum Gasteiger partial charge on any atom is 0.145 e. The smallest absolute Gasteiger partial charge is 0.145 e. The van der Waals surface area contributed by atoms with Crippen LogP contribution in [0.5, 0.6) is 0 Å². The highest BCUT2D eigenvalue weighted by molar-refractivity contribution is 5.87. The highest BCUT2D eigenvalue weighted by Crippen LogP contribution is 2.19. The van der Waals surface area contributed by atoms with Crippen LogP contribution in [0, 0.1) is 0 Å². The summed E-state index contributed by atoms with van der Waals surface area (Å²) in [6.07, 6.45) is 7.32. The molecule has 0 aromatic carbocycles. The SMILES string of the molecule is CCCCCNc1ncnc2c1ccn2C. The lowest BCUT2D eigenvalue weighted by molar-refractivity contribution is 0.742. The predicted octanol–water partition coefficient (Wildman–Crippen LogP) is 2.57. The van der Waals surface area contributed by atoms with Crippen LogP contribution in [0.3, 0.4) is 0 Å². The van der Waals surface area contributed by atoms with Gasteiger partial charge in [-0.3, -0.25) is 0 Å². The van der Waals surface area contributed by atoms with Crippen LogP contribution in [0.25, 0.3) is 11.0 Å². The summed E-state index contributed by atoms with van der Waals surface area (Å²) in [7, 11) is 2.00. The third-order valence-electron chi connectivity index (χ3n) is 2.73. The van der Waals surface area contributed by atoms with Gasteiger partial charge in [-0.1, -0.05) is 19.8 Å². The molecule has 0 saturated heterocycles. The van der Waals surface area contributed by atoms with Gasteiger partial charge in [0.2, 0.25) is 0 Å². The Morgan fingerprint density at radius 1 is 1.31 bits per heavy atom. The monoisotopic (exact) mass is 218 g/mol. The highest BCUT2D eigenvalue weighted by Gasteiger charge is 2.05. The van der Waals surface area contributed by atoms with Crippen LogP contribution in [-0.2, 0) is 7.05 Å². The summed E-state index contributed by atoms with van der Waals surface area (Å²) in [5.41, 5.74) is 0.980. The standard InChI is InChI=1S/C12H18N4/c1-3-4-5-7-13-11-10-6-8-16(2)12(10)15-9-14-11/h6,8-9H,3-5,7H2,1-2H3,(H,13,14,15). The Balaban J connectivity index is 2.11. The fourth-order valence-corrected chi connectivity index (χ4v) is 1.80. The van der Waals surface area contributed by atoms with Crippen molar-refractivity contribution in [3.63, 3.8) is 0 Å². The largest absolute Gasteiger partial charge is 0.369 e. The topological polar surface area (TPSA) is 42.7 Å². The molecule has 4 heteroatoms. The maximum atomic E-state index is 4.28. The van der Waals surface area contributed by atoms with E-state index >= 15 is 0 Å². The van der Waals surface area contributed by atoms with Crippen molar-refractivity contribution in [3.05, 3.63) is 18.6 Å². The molecule has 0 amide bonds. The second-order valence-corrected chi connectivity index (χ2v) is 4.02. The Kier molecular flexibility index (Phi) is 3.39. The molecular weight excluding hydrogens is 200 g/mol. The van der Waals surface area contributed by atoms with Gasteiger partial charge in [0.25, 0.3) is 0 Å². The first-order valence-corrected chi connectivity index (χ1v) is 5.83. The van der Waals surface area contributed by atoms with Gasteiger partial charge in [-0.2, -0.15) is 0 Å². The molecular formula is C12H18N4. The van der Waals surface area contributed by atoms with Gasteiger partial charge in [0.05, 0.1) is 5.39 Å². The molecule has 0 aliphatic rings. The fraction of sp³-hybridized carbons (Fsp3) is 0.500. The number of nitrogens with one attached hydrogen (secondary N) is 1. The molecule has 0 aliphatic heterocycles. The molecule has 2 aromatic heterocycles. The number of nitrogens with zero attached hydrogens (tertiary/aromatic N) is 3. The third kappa shape index (κ3) is 2.15. The van der Waals surface area contributed by atoms with E-state index in [-0.39, 0.29) is 0 Å². The van der Waals surface area contributed by atoms with Crippen LogP contribution < -0.4 is 5.32 Å². The number of aromatic nitrogens is 3. The van der Waals surface area contributed by atoms with E-state index in [1.807, 2.05) is 17.8 Å². The summed E-state index contributed by atoms with van der Waals surface area (Å²) in [6, 6.07) is 2.05. The summed E-state index contributed by atoms with van der Waals surface area (Å²) in [5.74, 6) is 0.946. The van der Waals surface area contributed by atoms with E-state index in [0.717, 1.165) is 23.4 Å². The Morgan fingerprint density at radius 3 is 3.00 bits per heavy atom. The number of unbranched alkanes of at least 4 members (excludes halogenated alkanes) is 2.